The molecule has 0 radical (unpaired) electrons. The van der Waals surface area contributed by atoms with Crippen LogP contribution in [-0.4, -0.2) is 15.0 Å². The zero-order valence-corrected chi connectivity index (χ0v) is 10.0. The minimum Gasteiger partial charge on any atom is -0.336 e. The molecule has 0 atom stereocenters. The van der Waals surface area contributed by atoms with E-state index in [0.717, 1.165) is 16.9 Å². The fraction of sp³-hybridized carbons (Fsp3) is 0.231. The maximum atomic E-state index is 4.61. The van der Waals surface area contributed by atoms with E-state index in [2.05, 4.69) is 21.0 Å². The standard InChI is InChI=1S/C13H11N3S/c1-2-8-6-12(17-11(8)3-1)13-15-9-4-5-14-7-10(9)16-13/h4-7H,1-3H2,(H,15,16). The molecule has 17 heavy (non-hydrogen) atoms. The van der Waals surface area contributed by atoms with E-state index < -0.39 is 0 Å². The summed E-state index contributed by atoms with van der Waals surface area (Å²) in [5.41, 5.74) is 3.52. The lowest BCUT2D eigenvalue weighted by Gasteiger charge is -1.89. The van der Waals surface area contributed by atoms with Crippen LogP contribution in [0.3, 0.4) is 0 Å². The number of thiophene rings is 1. The number of fused-ring (bicyclic) bond motifs is 2. The number of hydrogen-bond acceptors (Lipinski definition) is 3. The van der Waals surface area contributed by atoms with Gasteiger partial charge in [0.1, 0.15) is 5.82 Å². The Hall–Kier alpha value is -1.68. The molecule has 0 bridgehead atoms. The van der Waals surface area contributed by atoms with Crippen LogP contribution in [-0.2, 0) is 12.8 Å². The monoisotopic (exact) mass is 241 g/mol. The molecule has 0 unspecified atom stereocenters. The summed E-state index contributed by atoms with van der Waals surface area (Å²) in [6, 6.07) is 4.23. The van der Waals surface area contributed by atoms with E-state index in [1.54, 1.807) is 11.1 Å². The number of nitrogens with one attached hydrogen (secondary N) is 1. The van der Waals surface area contributed by atoms with E-state index in [4.69, 9.17) is 0 Å². The van der Waals surface area contributed by atoms with Gasteiger partial charge in [-0.2, -0.15) is 0 Å². The highest BCUT2D eigenvalue weighted by Crippen LogP contribution is 2.35. The predicted octanol–water partition coefficient (Wildman–Crippen LogP) is 3.18. The Bertz CT molecular complexity index is 641. The number of aromatic nitrogens is 3. The molecule has 0 amide bonds. The van der Waals surface area contributed by atoms with E-state index in [0.29, 0.717) is 0 Å². The van der Waals surface area contributed by atoms with Crippen molar-refractivity contribution in [3.8, 4) is 10.7 Å². The van der Waals surface area contributed by atoms with Gasteiger partial charge >= 0.3 is 0 Å². The van der Waals surface area contributed by atoms with E-state index >= 15 is 0 Å². The fourth-order valence-electron chi connectivity index (χ4n) is 2.42. The average molecular weight is 241 g/mol. The molecular weight excluding hydrogens is 230 g/mol. The summed E-state index contributed by atoms with van der Waals surface area (Å²) in [6.45, 7) is 0. The molecule has 4 heteroatoms. The minimum absolute atomic E-state index is 0.979. The third-order valence-corrected chi connectivity index (χ3v) is 4.51. The molecule has 3 heterocycles. The van der Waals surface area contributed by atoms with Crippen molar-refractivity contribution in [2.75, 3.05) is 0 Å². The number of H-pyrrole nitrogens is 1. The molecule has 84 valence electrons. The maximum absolute atomic E-state index is 4.61. The Morgan fingerprint density at radius 3 is 3.18 bits per heavy atom. The van der Waals surface area contributed by atoms with Crippen LogP contribution in [0, 0.1) is 0 Å². The first-order chi connectivity index (χ1) is 8.40. The number of aromatic amines is 1. The van der Waals surface area contributed by atoms with Gasteiger partial charge in [-0.3, -0.25) is 4.98 Å². The Balaban J connectivity index is 1.87. The largest absolute Gasteiger partial charge is 0.336 e. The van der Waals surface area contributed by atoms with Crippen LogP contribution in [0.2, 0.25) is 0 Å². The summed E-state index contributed by atoms with van der Waals surface area (Å²) in [6.07, 6.45) is 7.38. The molecule has 0 fully saturated rings. The lowest BCUT2D eigenvalue weighted by atomic mass is 10.2. The first kappa shape index (κ1) is 9.36. The minimum atomic E-state index is 0.979. The average Bonchev–Trinajstić information content (AvgIpc) is 3.01. The Labute approximate surface area is 103 Å². The normalized spacial score (nSPS) is 14.4. The van der Waals surface area contributed by atoms with Gasteiger partial charge in [0.2, 0.25) is 0 Å². The third kappa shape index (κ3) is 1.41. The van der Waals surface area contributed by atoms with Crippen LogP contribution >= 0.6 is 11.3 Å². The summed E-state index contributed by atoms with van der Waals surface area (Å²) in [5.74, 6) is 0.979. The maximum Gasteiger partial charge on any atom is 0.148 e. The molecule has 1 aliphatic carbocycles. The van der Waals surface area contributed by atoms with Crippen molar-refractivity contribution in [2.24, 2.45) is 0 Å². The first-order valence-electron chi connectivity index (χ1n) is 5.82. The Kier molecular flexibility index (Phi) is 1.87. The van der Waals surface area contributed by atoms with Crippen molar-refractivity contribution in [3.63, 3.8) is 0 Å². The Morgan fingerprint density at radius 2 is 2.29 bits per heavy atom. The quantitative estimate of drug-likeness (QED) is 0.711. The number of rotatable bonds is 1. The smallest absolute Gasteiger partial charge is 0.148 e. The van der Waals surface area contributed by atoms with Gasteiger partial charge in [0, 0.05) is 11.1 Å². The summed E-state index contributed by atoms with van der Waals surface area (Å²) in [7, 11) is 0. The summed E-state index contributed by atoms with van der Waals surface area (Å²) < 4.78 is 0. The van der Waals surface area contributed by atoms with Gasteiger partial charge < -0.3 is 4.98 Å². The van der Waals surface area contributed by atoms with Crippen molar-refractivity contribution in [3.05, 3.63) is 35.0 Å². The van der Waals surface area contributed by atoms with Gasteiger partial charge in [-0.15, -0.1) is 11.3 Å². The Morgan fingerprint density at radius 1 is 1.29 bits per heavy atom. The van der Waals surface area contributed by atoms with Crippen LogP contribution < -0.4 is 0 Å². The summed E-state index contributed by atoms with van der Waals surface area (Å²) in [4.78, 5) is 14.8. The molecule has 4 rings (SSSR count). The van der Waals surface area contributed by atoms with Gasteiger partial charge in [-0.05, 0) is 37.0 Å². The number of aryl methyl sites for hydroxylation is 2. The third-order valence-electron chi connectivity index (χ3n) is 3.26. The van der Waals surface area contributed by atoms with E-state index in [1.807, 2.05) is 23.6 Å². The topological polar surface area (TPSA) is 41.6 Å². The van der Waals surface area contributed by atoms with Gasteiger partial charge in [-0.1, -0.05) is 0 Å². The van der Waals surface area contributed by atoms with Gasteiger partial charge in [0.15, 0.2) is 0 Å². The second-order valence-corrected chi connectivity index (χ2v) is 5.53. The van der Waals surface area contributed by atoms with E-state index in [1.165, 1.54) is 29.7 Å². The summed E-state index contributed by atoms with van der Waals surface area (Å²) >= 11 is 1.88. The number of imidazole rings is 1. The van der Waals surface area contributed by atoms with Crippen molar-refractivity contribution < 1.29 is 0 Å². The second-order valence-electron chi connectivity index (χ2n) is 4.39. The molecular formula is C13H11N3S. The number of hydrogen-bond donors (Lipinski definition) is 1. The number of nitrogens with zero attached hydrogens (tertiary/aromatic N) is 2. The zero-order valence-electron chi connectivity index (χ0n) is 9.23. The van der Waals surface area contributed by atoms with E-state index in [9.17, 15) is 0 Å². The summed E-state index contributed by atoms with van der Waals surface area (Å²) in [5, 5.41) is 0. The van der Waals surface area contributed by atoms with Gasteiger partial charge in [0.25, 0.3) is 0 Å². The molecule has 0 aromatic carbocycles. The molecule has 0 aliphatic heterocycles. The van der Waals surface area contributed by atoms with Crippen molar-refractivity contribution >= 4 is 22.4 Å². The molecule has 3 aromatic heterocycles. The molecule has 0 saturated heterocycles. The van der Waals surface area contributed by atoms with Crippen molar-refractivity contribution in [1.82, 2.24) is 15.0 Å². The molecule has 3 nitrogen and oxygen atoms in total. The highest BCUT2D eigenvalue weighted by atomic mass is 32.1. The second kappa shape index (κ2) is 3.40. The highest BCUT2D eigenvalue weighted by molar-refractivity contribution is 7.15. The number of pyridine rings is 1. The van der Waals surface area contributed by atoms with Crippen LogP contribution in [0.5, 0.6) is 0 Å². The molecule has 0 spiro atoms. The zero-order chi connectivity index (χ0) is 11.2. The van der Waals surface area contributed by atoms with Gasteiger partial charge in [-0.25, -0.2) is 4.98 Å². The molecule has 1 aliphatic rings. The first-order valence-corrected chi connectivity index (χ1v) is 6.63. The molecule has 0 saturated carbocycles. The van der Waals surface area contributed by atoms with Crippen LogP contribution in [0.1, 0.15) is 16.9 Å². The molecule has 3 aromatic rings. The van der Waals surface area contributed by atoms with Crippen molar-refractivity contribution in [1.29, 1.82) is 0 Å². The van der Waals surface area contributed by atoms with Crippen LogP contribution in [0.4, 0.5) is 0 Å². The highest BCUT2D eigenvalue weighted by Gasteiger charge is 2.17. The lowest BCUT2D eigenvalue weighted by molar-refractivity contribution is 0.915. The lowest BCUT2D eigenvalue weighted by Crippen LogP contribution is -1.75. The van der Waals surface area contributed by atoms with Crippen LogP contribution in [0.25, 0.3) is 21.7 Å². The van der Waals surface area contributed by atoms with E-state index in [-0.39, 0.29) is 0 Å². The SMILES string of the molecule is c1cc2nc(-c3cc4c(s3)CCC4)[nH]c2cn1. The van der Waals surface area contributed by atoms with Gasteiger partial charge in [0.05, 0.1) is 22.1 Å². The fourth-order valence-corrected chi connectivity index (χ4v) is 3.62. The van der Waals surface area contributed by atoms with Crippen LogP contribution in [0.15, 0.2) is 24.5 Å². The predicted molar refractivity (Wildman–Crippen MR) is 69.2 cm³/mol. The molecule has 1 N–H and O–H groups in total. The van der Waals surface area contributed by atoms with Crippen molar-refractivity contribution in [2.45, 2.75) is 19.3 Å².